The Morgan fingerprint density at radius 2 is 1.90 bits per heavy atom. The maximum atomic E-state index is 13.2. The van der Waals surface area contributed by atoms with Gasteiger partial charge in [-0.1, -0.05) is 12.1 Å². The van der Waals surface area contributed by atoms with Crippen LogP contribution in [0.2, 0.25) is 0 Å². The minimum atomic E-state index is 0. The quantitative estimate of drug-likeness (QED) is 0.416. The van der Waals surface area contributed by atoms with Crippen molar-refractivity contribution in [3.8, 4) is 5.75 Å². The molecule has 1 fully saturated rings. The standard InChI is InChI=1S/C24H27N2O2S.BrH/c1-28-18-14-17(16-26-13-7-12-25-11-6-2-3-10-22(25)26)24-20(15-18)23(27)19-8-4-5-9-21(19)29-24;/h4-5,8-9,14-15H,2-3,6-7,10-13,16H2,1H3;1H/q+1;/p-1. The van der Waals surface area contributed by atoms with Crippen molar-refractivity contribution in [1.29, 1.82) is 0 Å². The molecule has 0 bridgehead atoms. The zero-order valence-corrected chi connectivity index (χ0v) is 19.7. The highest BCUT2D eigenvalue weighted by atomic mass is 79.9. The van der Waals surface area contributed by atoms with E-state index in [1.54, 1.807) is 18.4 Å². The van der Waals surface area contributed by atoms with E-state index >= 15 is 0 Å². The Balaban J connectivity index is 0.00000218. The molecule has 0 unspecified atom stereocenters. The van der Waals surface area contributed by atoms with Crippen LogP contribution in [0, 0.1) is 0 Å². The topological polar surface area (TPSA) is 32.5 Å². The summed E-state index contributed by atoms with van der Waals surface area (Å²) in [6, 6.07) is 12.0. The van der Waals surface area contributed by atoms with Crippen LogP contribution in [-0.4, -0.2) is 42.1 Å². The highest BCUT2D eigenvalue weighted by Crippen LogP contribution is 2.32. The van der Waals surface area contributed by atoms with Gasteiger partial charge in [0, 0.05) is 38.6 Å². The molecule has 2 aromatic carbocycles. The third-order valence-electron chi connectivity index (χ3n) is 6.24. The average Bonchev–Trinajstić information content (AvgIpc) is 3.01. The smallest absolute Gasteiger partial charge is 0.247 e. The maximum absolute atomic E-state index is 13.2. The summed E-state index contributed by atoms with van der Waals surface area (Å²) in [4.78, 5) is 15.8. The maximum Gasteiger partial charge on any atom is 0.247 e. The van der Waals surface area contributed by atoms with E-state index in [1.165, 1.54) is 56.6 Å². The predicted molar refractivity (Wildman–Crippen MR) is 121 cm³/mol. The van der Waals surface area contributed by atoms with Crippen LogP contribution in [0.4, 0.5) is 0 Å². The van der Waals surface area contributed by atoms with Crippen molar-refractivity contribution in [1.82, 2.24) is 4.90 Å². The molecule has 5 rings (SSSR count). The molecule has 3 heterocycles. The third kappa shape index (κ3) is 3.87. The Kier molecular flexibility index (Phi) is 6.44. The first-order chi connectivity index (χ1) is 14.2. The van der Waals surface area contributed by atoms with Crippen molar-refractivity contribution in [2.24, 2.45) is 0 Å². The van der Waals surface area contributed by atoms with Gasteiger partial charge in [-0.2, -0.15) is 0 Å². The van der Waals surface area contributed by atoms with Gasteiger partial charge in [-0.25, -0.2) is 0 Å². The first-order valence-corrected chi connectivity index (χ1v) is 11.4. The summed E-state index contributed by atoms with van der Waals surface area (Å²) in [5.41, 5.74) is 1.31. The summed E-state index contributed by atoms with van der Waals surface area (Å²) in [6.45, 7) is 4.30. The normalized spacial score (nSPS) is 16.9. The van der Waals surface area contributed by atoms with Crippen molar-refractivity contribution in [2.75, 3.05) is 26.7 Å². The van der Waals surface area contributed by atoms with Gasteiger partial charge in [-0.3, -0.25) is 14.3 Å². The highest BCUT2D eigenvalue weighted by molar-refractivity contribution is 7.24. The van der Waals surface area contributed by atoms with Gasteiger partial charge in [0.2, 0.25) is 5.84 Å². The van der Waals surface area contributed by atoms with E-state index in [-0.39, 0.29) is 22.4 Å². The molecule has 2 aliphatic heterocycles. The number of hydrogen-bond acceptors (Lipinski definition) is 4. The average molecular weight is 487 g/mol. The number of ether oxygens (including phenoxy) is 1. The number of benzene rings is 2. The van der Waals surface area contributed by atoms with E-state index in [9.17, 15) is 4.79 Å². The molecule has 3 aromatic rings. The van der Waals surface area contributed by atoms with Crippen molar-refractivity contribution >= 4 is 37.3 Å². The van der Waals surface area contributed by atoms with Crippen LogP contribution < -0.4 is 27.1 Å². The van der Waals surface area contributed by atoms with Crippen molar-refractivity contribution in [3.63, 3.8) is 0 Å². The minimum Gasteiger partial charge on any atom is -1.00 e. The van der Waals surface area contributed by atoms with Crippen LogP contribution in [-0.2, 0) is 6.54 Å². The summed E-state index contributed by atoms with van der Waals surface area (Å²) < 4.78 is 10.3. The van der Waals surface area contributed by atoms with Gasteiger partial charge < -0.3 is 21.7 Å². The number of amidine groups is 1. The second kappa shape index (κ2) is 9.06. The lowest BCUT2D eigenvalue weighted by Crippen LogP contribution is -3.00. The summed E-state index contributed by atoms with van der Waals surface area (Å²) >= 11 is 1.73. The van der Waals surface area contributed by atoms with E-state index in [1.807, 2.05) is 24.3 Å². The predicted octanol–water partition coefficient (Wildman–Crippen LogP) is 1.62. The van der Waals surface area contributed by atoms with Gasteiger partial charge in [0.05, 0.1) is 26.7 Å². The number of nitrogens with zero attached hydrogens (tertiary/aromatic N) is 2. The monoisotopic (exact) mass is 486 g/mol. The Labute approximate surface area is 191 Å². The zero-order chi connectivity index (χ0) is 19.8. The lowest BCUT2D eigenvalue weighted by atomic mass is 10.1. The molecule has 2 aliphatic rings. The first-order valence-electron chi connectivity index (χ1n) is 10.6. The summed E-state index contributed by atoms with van der Waals surface area (Å²) in [5.74, 6) is 2.27. The Hall–Kier alpha value is -1.92. The van der Waals surface area contributed by atoms with Crippen molar-refractivity contribution < 1.29 is 26.3 Å². The van der Waals surface area contributed by atoms with E-state index in [4.69, 9.17) is 4.74 Å². The molecule has 0 atom stereocenters. The van der Waals surface area contributed by atoms with Gasteiger partial charge in [0.25, 0.3) is 0 Å². The van der Waals surface area contributed by atoms with Crippen LogP contribution in [0.5, 0.6) is 5.75 Å². The molecule has 0 spiro atoms. The van der Waals surface area contributed by atoms with Gasteiger partial charge in [0.1, 0.15) is 12.3 Å². The molecule has 1 saturated heterocycles. The molecular weight excluding hydrogens is 460 g/mol. The van der Waals surface area contributed by atoms with Crippen LogP contribution >= 0.6 is 11.3 Å². The fraction of sp³-hybridized carbons (Fsp3) is 0.417. The number of halogens is 1. The molecule has 158 valence electrons. The second-order valence-corrected chi connectivity index (χ2v) is 9.13. The number of fused-ring (bicyclic) bond motifs is 3. The highest BCUT2D eigenvalue weighted by Gasteiger charge is 2.29. The van der Waals surface area contributed by atoms with Gasteiger partial charge >= 0.3 is 0 Å². The fourth-order valence-electron chi connectivity index (χ4n) is 4.79. The number of rotatable bonds is 3. The number of methoxy groups -OCH3 is 1. The van der Waals surface area contributed by atoms with E-state index in [0.717, 1.165) is 39.0 Å². The second-order valence-electron chi connectivity index (χ2n) is 8.08. The number of hydrogen-bond donors (Lipinski definition) is 0. The van der Waals surface area contributed by atoms with Gasteiger partial charge in [-0.15, -0.1) is 11.3 Å². The minimum absolute atomic E-state index is 0. The van der Waals surface area contributed by atoms with Gasteiger partial charge in [0.15, 0.2) is 5.43 Å². The van der Waals surface area contributed by atoms with Crippen LogP contribution in [0.15, 0.2) is 41.2 Å². The molecule has 0 saturated carbocycles. The molecule has 0 aliphatic carbocycles. The molecule has 30 heavy (non-hydrogen) atoms. The zero-order valence-electron chi connectivity index (χ0n) is 17.3. The third-order valence-corrected chi connectivity index (χ3v) is 7.50. The molecule has 1 aromatic heterocycles. The summed E-state index contributed by atoms with van der Waals surface area (Å²) in [6.07, 6.45) is 6.27. The van der Waals surface area contributed by atoms with Crippen LogP contribution in [0.25, 0.3) is 20.2 Å². The van der Waals surface area contributed by atoms with Crippen LogP contribution in [0.3, 0.4) is 0 Å². The fourth-order valence-corrected chi connectivity index (χ4v) is 5.94. The van der Waals surface area contributed by atoms with E-state index in [2.05, 4.69) is 21.6 Å². The van der Waals surface area contributed by atoms with Crippen LogP contribution in [0.1, 0.15) is 37.7 Å². The molecule has 0 radical (unpaired) electrons. The first kappa shape index (κ1) is 21.3. The lowest BCUT2D eigenvalue weighted by Gasteiger charge is -2.26. The molecule has 6 heteroatoms. The molecule has 0 N–H and O–H groups in total. The Morgan fingerprint density at radius 3 is 2.77 bits per heavy atom. The summed E-state index contributed by atoms with van der Waals surface area (Å²) in [7, 11) is 1.68. The van der Waals surface area contributed by atoms with Crippen molar-refractivity contribution in [3.05, 3.63) is 52.2 Å². The van der Waals surface area contributed by atoms with E-state index in [0.29, 0.717) is 0 Å². The molecule has 4 nitrogen and oxygen atoms in total. The van der Waals surface area contributed by atoms with E-state index < -0.39 is 0 Å². The van der Waals surface area contributed by atoms with Gasteiger partial charge in [-0.05, 0) is 43.5 Å². The molecule has 0 amide bonds. The Bertz CT molecular complexity index is 1170. The van der Waals surface area contributed by atoms with Crippen molar-refractivity contribution in [2.45, 2.75) is 38.6 Å². The lowest BCUT2D eigenvalue weighted by molar-refractivity contribution is -0.555. The molecular formula is C24H27BrN2O2S. The Morgan fingerprint density at radius 1 is 1.07 bits per heavy atom. The SMILES string of the molecule is COc1cc(C[N+]2=C3CCCCCN3CCC2)c2sc3ccccc3c(=O)c2c1.[Br-]. The summed E-state index contributed by atoms with van der Waals surface area (Å²) in [5, 5.41) is 1.58. The largest absolute Gasteiger partial charge is 1.00 e.